The Morgan fingerprint density at radius 1 is 1.29 bits per heavy atom. The van der Waals surface area contributed by atoms with E-state index >= 15 is 0 Å². The van der Waals surface area contributed by atoms with Crippen molar-refractivity contribution in [3.63, 3.8) is 0 Å². The minimum atomic E-state index is -0.780. The molecule has 112 valence electrons. The predicted molar refractivity (Wildman–Crippen MR) is 83.0 cm³/mol. The van der Waals surface area contributed by atoms with Gasteiger partial charge in [-0.25, -0.2) is 4.68 Å². The smallest absolute Gasteiger partial charge is 0.205 e. The zero-order valence-electron chi connectivity index (χ0n) is 12.9. The molecule has 2 aromatic rings. The maximum Gasteiger partial charge on any atom is 0.205 e. The van der Waals surface area contributed by atoms with Gasteiger partial charge in [0.05, 0.1) is 17.8 Å². The summed E-state index contributed by atoms with van der Waals surface area (Å²) in [6.45, 7) is 7.96. The number of aryl methyl sites for hydroxylation is 1. The Bertz CT molecular complexity index is 682. The zero-order valence-corrected chi connectivity index (χ0v) is 12.9. The Kier molecular flexibility index (Phi) is 4.14. The number of nitrogens with two attached hydrogens (primary N) is 1. The second-order valence-electron chi connectivity index (χ2n) is 5.56. The molecule has 0 aliphatic rings. The van der Waals surface area contributed by atoms with E-state index in [9.17, 15) is 4.79 Å². The van der Waals surface area contributed by atoms with Crippen LogP contribution in [0.15, 0.2) is 35.1 Å². The second kappa shape index (κ2) is 5.69. The Hall–Kier alpha value is -2.14. The van der Waals surface area contributed by atoms with Gasteiger partial charge in [0.1, 0.15) is 11.4 Å². The van der Waals surface area contributed by atoms with Crippen molar-refractivity contribution in [2.45, 2.75) is 33.2 Å². The van der Waals surface area contributed by atoms with Gasteiger partial charge in [-0.05, 0) is 52.0 Å². The van der Waals surface area contributed by atoms with Gasteiger partial charge in [0.25, 0.3) is 0 Å². The van der Waals surface area contributed by atoms with Crippen LogP contribution >= 0.6 is 0 Å². The average Bonchev–Trinajstić information content (AvgIpc) is 2.39. The van der Waals surface area contributed by atoms with Gasteiger partial charge in [-0.15, -0.1) is 0 Å². The highest BCUT2D eigenvalue weighted by Crippen LogP contribution is 2.17. The largest absolute Gasteiger partial charge is 0.494 e. The molecule has 0 saturated carbocycles. The summed E-state index contributed by atoms with van der Waals surface area (Å²) < 4.78 is 7.15. The lowest BCUT2D eigenvalue weighted by molar-refractivity contribution is 0.340. The quantitative estimate of drug-likeness (QED) is 0.935. The third-order valence-corrected chi connectivity index (χ3v) is 3.11. The van der Waals surface area contributed by atoms with Crippen LogP contribution in [0.5, 0.6) is 5.75 Å². The van der Waals surface area contributed by atoms with Gasteiger partial charge in [0, 0.05) is 11.8 Å². The minimum absolute atomic E-state index is 0.137. The summed E-state index contributed by atoms with van der Waals surface area (Å²) >= 11 is 0. The van der Waals surface area contributed by atoms with Crippen LogP contribution < -0.4 is 15.9 Å². The fourth-order valence-electron chi connectivity index (χ4n) is 2.11. The van der Waals surface area contributed by atoms with E-state index < -0.39 is 5.54 Å². The summed E-state index contributed by atoms with van der Waals surface area (Å²) in [6, 6.07) is 9.13. The second-order valence-corrected chi connectivity index (χ2v) is 5.56. The van der Waals surface area contributed by atoms with E-state index in [1.165, 1.54) is 0 Å². The molecule has 5 nitrogen and oxygen atoms in total. The van der Waals surface area contributed by atoms with Crippen LogP contribution in [-0.4, -0.2) is 16.4 Å². The highest BCUT2D eigenvalue weighted by molar-refractivity contribution is 5.38. The van der Waals surface area contributed by atoms with Crippen LogP contribution in [0.25, 0.3) is 5.69 Å². The molecule has 1 aromatic heterocycles. The van der Waals surface area contributed by atoms with Gasteiger partial charge in [-0.2, -0.15) is 5.10 Å². The first-order valence-corrected chi connectivity index (χ1v) is 6.96. The Labute approximate surface area is 124 Å². The topological polar surface area (TPSA) is 70.1 Å². The molecule has 0 aliphatic heterocycles. The van der Waals surface area contributed by atoms with E-state index in [1.54, 1.807) is 24.6 Å². The predicted octanol–water partition coefficient (Wildman–Crippen LogP) is 2.13. The highest BCUT2D eigenvalue weighted by Gasteiger charge is 2.21. The molecule has 2 N–H and O–H groups in total. The van der Waals surface area contributed by atoms with E-state index in [2.05, 4.69) is 5.10 Å². The molecule has 0 atom stereocenters. The molecule has 21 heavy (non-hydrogen) atoms. The van der Waals surface area contributed by atoms with Gasteiger partial charge in [-0.1, -0.05) is 0 Å². The maximum atomic E-state index is 12.0. The number of hydrogen-bond acceptors (Lipinski definition) is 4. The molecule has 2 rings (SSSR count). The molecule has 0 unspecified atom stereocenters. The first-order valence-electron chi connectivity index (χ1n) is 6.96. The normalized spacial score (nSPS) is 11.5. The molecule has 5 heteroatoms. The van der Waals surface area contributed by atoms with Gasteiger partial charge in [0.15, 0.2) is 0 Å². The molecule has 0 fully saturated rings. The molecule has 0 spiro atoms. The van der Waals surface area contributed by atoms with Crippen molar-refractivity contribution in [1.82, 2.24) is 9.78 Å². The van der Waals surface area contributed by atoms with Gasteiger partial charge < -0.3 is 10.5 Å². The fourth-order valence-corrected chi connectivity index (χ4v) is 2.11. The summed E-state index contributed by atoms with van der Waals surface area (Å²) in [5.74, 6) is 0.805. The Morgan fingerprint density at radius 2 is 1.90 bits per heavy atom. The van der Waals surface area contributed by atoms with Gasteiger partial charge in [0.2, 0.25) is 5.43 Å². The molecular weight excluding hydrogens is 266 g/mol. The number of rotatable bonds is 4. The van der Waals surface area contributed by atoms with Crippen molar-refractivity contribution in [2.75, 3.05) is 6.61 Å². The SMILES string of the molecule is CCOc1ccc(-n2nc(C(C)(C)N)c(=O)cc2C)cc1. The van der Waals surface area contributed by atoms with E-state index in [0.717, 1.165) is 17.1 Å². The lowest BCUT2D eigenvalue weighted by Crippen LogP contribution is -2.37. The first kappa shape index (κ1) is 15.3. The van der Waals surface area contributed by atoms with Crippen LogP contribution in [-0.2, 0) is 5.54 Å². The number of aromatic nitrogens is 2. The third kappa shape index (κ3) is 3.31. The van der Waals surface area contributed by atoms with Crippen LogP contribution in [0.3, 0.4) is 0 Å². The molecule has 1 heterocycles. The van der Waals surface area contributed by atoms with E-state index in [1.807, 2.05) is 38.1 Å². The van der Waals surface area contributed by atoms with E-state index in [-0.39, 0.29) is 5.43 Å². The summed E-state index contributed by atoms with van der Waals surface area (Å²) in [4.78, 5) is 12.0. The van der Waals surface area contributed by atoms with E-state index in [4.69, 9.17) is 10.5 Å². The number of benzene rings is 1. The standard InChI is InChI=1S/C16H21N3O2/c1-5-21-13-8-6-12(7-9-13)19-11(2)10-14(20)15(18-19)16(3,4)17/h6-10H,5,17H2,1-4H3. The Morgan fingerprint density at radius 3 is 2.43 bits per heavy atom. The molecular formula is C16H21N3O2. The summed E-state index contributed by atoms with van der Waals surface area (Å²) in [5, 5.41) is 4.43. The molecule has 1 aromatic carbocycles. The third-order valence-electron chi connectivity index (χ3n) is 3.11. The van der Waals surface area contributed by atoms with Crippen molar-refractivity contribution < 1.29 is 4.74 Å². The summed E-state index contributed by atoms with van der Waals surface area (Å²) in [5.41, 5.74) is 7.08. The molecule has 0 amide bonds. The highest BCUT2D eigenvalue weighted by atomic mass is 16.5. The molecule has 0 saturated heterocycles. The average molecular weight is 287 g/mol. The van der Waals surface area contributed by atoms with Crippen LogP contribution in [0, 0.1) is 6.92 Å². The Balaban J connectivity index is 2.51. The lowest BCUT2D eigenvalue weighted by Gasteiger charge is -2.19. The van der Waals surface area contributed by atoms with Crippen LogP contribution in [0.4, 0.5) is 0 Å². The maximum absolute atomic E-state index is 12.0. The first-order chi connectivity index (χ1) is 9.82. The van der Waals surface area contributed by atoms with Gasteiger partial charge >= 0.3 is 0 Å². The van der Waals surface area contributed by atoms with Crippen molar-refractivity contribution in [3.05, 3.63) is 51.9 Å². The van der Waals surface area contributed by atoms with Crippen LogP contribution in [0.1, 0.15) is 32.2 Å². The van der Waals surface area contributed by atoms with Gasteiger partial charge in [-0.3, -0.25) is 4.79 Å². The van der Waals surface area contributed by atoms with Crippen molar-refractivity contribution in [1.29, 1.82) is 0 Å². The number of ether oxygens (including phenoxy) is 1. The summed E-state index contributed by atoms with van der Waals surface area (Å²) in [6.07, 6.45) is 0. The zero-order chi connectivity index (χ0) is 15.6. The van der Waals surface area contributed by atoms with Crippen molar-refractivity contribution in [2.24, 2.45) is 5.73 Å². The van der Waals surface area contributed by atoms with Crippen molar-refractivity contribution in [3.8, 4) is 11.4 Å². The fraction of sp³-hybridized carbons (Fsp3) is 0.375. The number of hydrogen-bond donors (Lipinski definition) is 1. The van der Waals surface area contributed by atoms with E-state index in [0.29, 0.717) is 12.3 Å². The molecule has 0 bridgehead atoms. The molecule has 0 aliphatic carbocycles. The number of nitrogens with zero attached hydrogens (tertiary/aromatic N) is 2. The lowest BCUT2D eigenvalue weighted by atomic mass is 10.0. The summed E-state index contributed by atoms with van der Waals surface area (Å²) in [7, 11) is 0. The van der Waals surface area contributed by atoms with Crippen molar-refractivity contribution >= 4 is 0 Å². The monoisotopic (exact) mass is 287 g/mol. The van der Waals surface area contributed by atoms with Crippen LogP contribution in [0.2, 0.25) is 0 Å². The molecule has 0 radical (unpaired) electrons. The minimum Gasteiger partial charge on any atom is -0.494 e.